The van der Waals surface area contributed by atoms with Crippen molar-refractivity contribution in [2.45, 2.75) is 0 Å². The number of hydrogen-bond donors (Lipinski definition) is 0. The molecular weight excluding hydrogens is 273 g/mol. The molecule has 0 aliphatic rings. The number of aromatic nitrogens is 1. The molecule has 0 saturated carbocycles. The first-order valence-corrected chi connectivity index (χ1v) is 5.45. The van der Waals surface area contributed by atoms with Gasteiger partial charge in [-0.3, -0.25) is 4.98 Å². The minimum Gasteiger partial charge on any atom is -0.497 e. The quantitative estimate of drug-likeness (QED) is 0.838. The Hall–Kier alpha value is -1.42. The second-order valence-corrected chi connectivity index (χ2v) is 4.13. The molecule has 0 aliphatic heterocycles. The van der Waals surface area contributed by atoms with E-state index in [1.54, 1.807) is 37.6 Å². The van der Waals surface area contributed by atoms with E-state index >= 15 is 0 Å². The summed E-state index contributed by atoms with van der Waals surface area (Å²) in [4.78, 5) is 4.04. The van der Waals surface area contributed by atoms with Crippen molar-refractivity contribution >= 4 is 15.9 Å². The van der Waals surface area contributed by atoms with E-state index in [2.05, 4.69) is 20.9 Å². The summed E-state index contributed by atoms with van der Waals surface area (Å²) in [6.45, 7) is 0. The van der Waals surface area contributed by atoms with Gasteiger partial charge in [0, 0.05) is 16.2 Å². The maximum Gasteiger partial charge on any atom is 0.150 e. The molecule has 0 aliphatic carbocycles. The molecule has 0 spiro atoms. The number of hydrogen-bond acceptors (Lipinski definition) is 2. The highest BCUT2D eigenvalue weighted by molar-refractivity contribution is 9.10. The Labute approximate surface area is 101 Å². The van der Waals surface area contributed by atoms with Crippen molar-refractivity contribution in [1.29, 1.82) is 0 Å². The lowest BCUT2D eigenvalue weighted by atomic mass is 10.1. The van der Waals surface area contributed by atoms with Gasteiger partial charge in [0.1, 0.15) is 11.4 Å². The molecule has 0 atom stereocenters. The van der Waals surface area contributed by atoms with Gasteiger partial charge in [0.15, 0.2) is 5.82 Å². The Kier molecular flexibility index (Phi) is 3.19. The molecule has 1 aromatic carbocycles. The monoisotopic (exact) mass is 281 g/mol. The zero-order chi connectivity index (χ0) is 11.5. The van der Waals surface area contributed by atoms with E-state index in [0.717, 1.165) is 11.3 Å². The molecule has 0 fully saturated rings. The van der Waals surface area contributed by atoms with E-state index in [-0.39, 0.29) is 5.82 Å². The number of methoxy groups -OCH3 is 1. The Morgan fingerprint density at radius 2 is 1.94 bits per heavy atom. The minimum absolute atomic E-state index is 0.339. The van der Waals surface area contributed by atoms with E-state index < -0.39 is 0 Å². The fraction of sp³-hybridized carbons (Fsp3) is 0.0833. The van der Waals surface area contributed by atoms with Crippen LogP contribution in [0.25, 0.3) is 11.3 Å². The van der Waals surface area contributed by atoms with Crippen LogP contribution < -0.4 is 4.74 Å². The fourth-order valence-electron chi connectivity index (χ4n) is 1.38. The molecule has 16 heavy (non-hydrogen) atoms. The summed E-state index contributed by atoms with van der Waals surface area (Å²) in [5.41, 5.74) is 1.07. The Morgan fingerprint density at radius 3 is 2.50 bits per heavy atom. The second kappa shape index (κ2) is 4.61. The molecule has 2 nitrogen and oxygen atoms in total. The van der Waals surface area contributed by atoms with Crippen molar-refractivity contribution in [3.63, 3.8) is 0 Å². The maximum absolute atomic E-state index is 13.6. The Morgan fingerprint density at radius 1 is 1.25 bits per heavy atom. The molecule has 1 heterocycles. The molecule has 82 valence electrons. The van der Waals surface area contributed by atoms with Crippen LogP contribution in [-0.2, 0) is 0 Å². The van der Waals surface area contributed by atoms with E-state index in [0.29, 0.717) is 10.2 Å². The Bertz CT molecular complexity index is 499. The summed E-state index contributed by atoms with van der Waals surface area (Å²) in [5.74, 6) is 0.390. The van der Waals surface area contributed by atoms with Crippen molar-refractivity contribution in [3.8, 4) is 17.0 Å². The predicted molar refractivity (Wildman–Crippen MR) is 63.9 cm³/mol. The van der Waals surface area contributed by atoms with Crippen molar-refractivity contribution in [2.24, 2.45) is 0 Å². The number of nitrogens with zero attached hydrogens (tertiary/aromatic N) is 1. The minimum atomic E-state index is -0.348. The van der Waals surface area contributed by atoms with E-state index in [4.69, 9.17) is 4.74 Å². The van der Waals surface area contributed by atoms with Crippen LogP contribution >= 0.6 is 15.9 Å². The first-order chi connectivity index (χ1) is 7.70. The summed E-state index contributed by atoms with van der Waals surface area (Å²) in [7, 11) is 1.59. The number of benzene rings is 1. The lowest BCUT2D eigenvalue weighted by Gasteiger charge is -2.04. The van der Waals surface area contributed by atoms with Gasteiger partial charge in [0.2, 0.25) is 0 Å². The summed E-state index contributed by atoms with van der Waals surface area (Å²) in [6, 6.07) is 8.50. The van der Waals surface area contributed by atoms with Crippen LogP contribution in [0.15, 0.2) is 41.0 Å². The SMILES string of the molecule is COc1ccc(-c2ncc(Br)cc2F)cc1. The predicted octanol–water partition coefficient (Wildman–Crippen LogP) is 3.66. The average Bonchev–Trinajstić information content (AvgIpc) is 2.29. The molecule has 0 N–H and O–H groups in total. The van der Waals surface area contributed by atoms with Gasteiger partial charge < -0.3 is 4.74 Å². The summed E-state index contributed by atoms with van der Waals surface area (Å²) in [5, 5.41) is 0. The fourth-order valence-corrected chi connectivity index (χ4v) is 1.68. The lowest BCUT2D eigenvalue weighted by Crippen LogP contribution is -1.89. The number of ether oxygens (including phenoxy) is 1. The van der Waals surface area contributed by atoms with E-state index in [1.165, 1.54) is 6.07 Å². The van der Waals surface area contributed by atoms with Gasteiger partial charge >= 0.3 is 0 Å². The molecule has 0 saturated heterocycles. The topological polar surface area (TPSA) is 22.1 Å². The molecule has 2 rings (SSSR count). The van der Waals surface area contributed by atoms with Gasteiger partial charge in [-0.2, -0.15) is 0 Å². The smallest absolute Gasteiger partial charge is 0.150 e. The van der Waals surface area contributed by atoms with E-state index in [9.17, 15) is 4.39 Å². The van der Waals surface area contributed by atoms with Crippen molar-refractivity contribution in [3.05, 3.63) is 46.8 Å². The van der Waals surface area contributed by atoms with Crippen LogP contribution in [0.5, 0.6) is 5.75 Å². The third kappa shape index (κ3) is 2.22. The van der Waals surface area contributed by atoms with Gasteiger partial charge in [0.05, 0.1) is 7.11 Å². The molecule has 1 aromatic heterocycles. The van der Waals surface area contributed by atoms with E-state index in [1.807, 2.05) is 0 Å². The third-order valence-corrected chi connectivity index (χ3v) is 2.60. The highest BCUT2D eigenvalue weighted by atomic mass is 79.9. The first kappa shape index (κ1) is 11.1. The van der Waals surface area contributed by atoms with Gasteiger partial charge in [-0.05, 0) is 46.3 Å². The van der Waals surface area contributed by atoms with Crippen LogP contribution in [0.2, 0.25) is 0 Å². The van der Waals surface area contributed by atoms with Gasteiger partial charge in [-0.25, -0.2) is 4.39 Å². The zero-order valence-electron chi connectivity index (χ0n) is 8.58. The molecular formula is C12H9BrFNO. The molecule has 0 radical (unpaired) electrons. The number of rotatable bonds is 2. The maximum atomic E-state index is 13.6. The molecule has 0 bridgehead atoms. The zero-order valence-corrected chi connectivity index (χ0v) is 10.2. The summed E-state index contributed by atoms with van der Waals surface area (Å²) < 4.78 is 19.3. The van der Waals surface area contributed by atoms with Crippen molar-refractivity contribution < 1.29 is 9.13 Å². The number of halogens is 2. The highest BCUT2D eigenvalue weighted by Crippen LogP contribution is 2.24. The Balaban J connectivity index is 2.42. The highest BCUT2D eigenvalue weighted by Gasteiger charge is 2.07. The third-order valence-electron chi connectivity index (χ3n) is 2.17. The van der Waals surface area contributed by atoms with Crippen LogP contribution in [-0.4, -0.2) is 12.1 Å². The van der Waals surface area contributed by atoms with Gasteiger partial charge in [-0.1, -0.05) is 0 Å². The average molecular weight is 282 g/mol. The second-order valence-electron chi connectivity index (χ2n) is 3.21. The van der Waals surface area contributed by atoms with Crippen LogP contribution in [0.3, 0.4) is 0 Å². The number of pyridine rings is 1. The molecule has 2 aromatic rings. The van der Waals surface area contributed by atoms with Gasteiger partial charge in [-0.15, -0.1) is 0 Å². The van der Waals surface area contributed by atoms with Crippen LogP contribution in [0.4, 0.5) is 4.39 Å². The lowest BCUT2D eigenvalue weighted by molar-refractivity contribution is 0.415. The molecule has 0 unspecified atom stereocenters. The van der Waals surface area contributed by atoms with Crippen molar-refractivity contribution in [2.75, 3.05) is 7.11 Å². The standard InChI is InChI=1S/C12H9BrFNO/c1-16-10-4-2-8(3-5-10)12-11(14)6-9(13)7-15-12/h2-7H,1H3. The van der Waals surface area contributed by atoms with Crippen LogP contribution in [0, 0.1) is 5.82 Å². The largest absolute Gasteiger partial charge is 0.497 e. The van der Waals surface area contributed by atoms with Gasteiger partial charge in [0.25, 0.3) is 0 Å². The molecule has 0 amide bonds. The van der Waals surface area contributed by atoms with Crippen molar-refractivity contribution in [1.82, 2.24) is 4.98 Å². The normalized spacial score (nSPS) is 10.2. The molecule has 4 heteroatoms. The summed E-state index contributed by atoms with van der Waals surface area (Å²) >= 11 is 3.17. The summed E-state index contributed by atoms with van der Waals surface area (Å²) in [6.07, 6.45) is 1.57. The van der Waals surface area contributed by atoms with Crippen LogP contribution in [0.1, 0.15) is 0 Å². The first-order valence-electron chi connectivity index (χ1n) is 4.66.